The molecule has 0 heterocycles. The first-order chi connectivity index (χ1) is 9.67. The van der Waals surface area contributed by atoms with Crippen LogP contribution in [0.2, 0.25) is 0 Å². The molecule has 1 aromatic carbocycles. The highest BCUT2D eigenvalue weighted by Gasteiger charge is 2.02. The molecule has 21 heavy (non-hydrogen) atoms. The number of carbonyl (C=O) groups is 1. The first kappa shape index (κ1) is 22.0. The summed E-state index contributed by atoms with van der Waals surface area (Å²) in [5.41, 5.74) is 1.44. The van der Waals surface area contributed by atoms with Crippen molar-refractivity contribution in [3.63, 3.8) is 0 Å². The number of esters is 1. The topological polar surface area (TPSA) is 30.7 Å². The van der Waals surface area contributed by atoms with E-state index in [1.807, 2.05) is 6.92 Å². The third-order valence-corrected chi connectivity index (χ3v) is 2.91. The predicted molar refractivity (Wildman–Crippen MR) is 83.6 cm³/mol. The summed E-state index contributed by atoms with van der Waals surface area (Å²) < 4.78 is 4.58. The zero-order valence-corrected chi connectivity index (χ0v) is 14.2. The molecule has 120 valence electrons. The van der Waals surface area contributed by atoms with Crippen LogP contribution < -0.4 is 17.3 Å². The maximum atomic E-state index is 10.2. The van der Waals surface area contributed by atoms with Crippen LogP contribution in [0.3, 0.4) is 0 Å². The Balaban J connectivity index is 0. The molecule has 0 saturated carbocycles. The Labute approximate surface area is 135 Å². The van der Waals surface area contributed by atoms with Crippen molar-refractivity contribution in [3.8, 4) is 0 Å². The molecule has 0 aliphatic rings. The van der Waals surface area contributed by atoms with Gasteiger partial charge in [0.05, 0.1) is 19.7 Å². The van der Waals surface area contributed by atoms with Gasteiger partial charge in [-0.1, -0.05) is 43.8 Å². The number of halogens is 1. The Morgan fingerprint density at radius 2 is 1.76 bits per heavy atom. The van der Waals surface area contributed by atoms with Crippen LogP contribution in [0.4, 0.5) is 0 Å². The van der Waals surface area contributed by atoms with Crippen LogP contribution in [-0.4, -0.2) is 25.7 Å². The molecule has 0 aliphatic heterocycles. The number of hydrogen-bond acceptors (Lipinski definition) is 2. The predicted octanol–water partition coefficient (Wildman–Crippen LogP) is -0.759. The van der Waals surface area contributed by atoms with E-state index in [4.69, 9.17) is 0 Å². The van der Waals surface area contributed by atoms with E-state index in [0.717, 1.165) is 19.0 Å². The molecule has 0 amide bonds. The van der Waals surface area contributed by atoms with Crippen LogP contribution in [0.1, 0.15) is 32.8 Å². The zero-order chi connectivity index (χ0) is 15.2. The molecular weight excluding hydrogens is 286 g/mol. The summed E-state index contributed by atoms with van der Waals surface area (Å²) in [6.07, 6.45) is 2.02. The van der Waals surface area contributed by atoms with Gasteiger partial charge < -0.3 is 22.0 Å². The van der Waals surface area contributed by atoms with Crippen molar-refractivity contribution in [1.82, 2.24) is 0 Å². The lowest BCUT2D eigenvalue weighted by molar-refractivity contribution is -0.910. The van der Waals surface area contributed by atoms with Crippen molar-refractivity contribution >= 4 is 5.97 Å². The largest absolute Gasteiger partial charge is 1.00 e. The lowest BCUT2D eigenvalue weighted by Crippen LogP contribution is -3.10. The van der Waals surface area contributed by atoms with Gasteiger partial charge in [-0.2, -0.15) is 0 Å². The van der Waals surface area contributed by atoms with Crippen LogP contribution in [0.25, 0.3) is 0 Å². The average molecular weight is 314 g/mol. The molecule has 0 spiro atoms. The molecule has 3 nitrogen and oxygen atoms in total. The minimum absolute atomic E-state index is 0. The van der Waals surface area contributed by atoms with E-state index in [1.54, 1.807) is 4.90 Å². The Morgan fingerprint density at radius 1 is 1.19 bits per heavy atom. The van der Waals surface area contributed by atoms with Crippen LogP contribution >= 0.6 is 0 Å². The first-order valence-electron chi connectivity index (χ1n) is 7.34. The third-order valence-electron chi connectivity index (χ3n) is 2.91. The Kier molecular flexibility index (Phi) is 15.8. The highest BCUT2D eigenvalue weighted by Crippen LogP contribution is 1.94. The van der Waals surface area contributed by atoms with Crippen molar-refractivity contribution in [1.29, 1.82) is 0 Å². The van der Waals surface area contributed by atoms with Gasteiger partial charge in [0, 0.05) is 11.6 Å². The Morgan fingerprint density at radius 3 is 2.19 bits per heavy atom. The highest BCUT2D eigenvalue weighted by molar-refractivity contribution is 5.81. The summed E-state index contributed by atoms with van der Waals surface area (Å²) in [5.74, 6) is -0.341. The van der Waals surface area contributed by atoms with Gasteiger partial charge in [-0.15, -0.1) is 0 Å². The number of nitrogens with one attached hydrogen (secondary N) is 1. The molecule has 0 saturated heterocycles. The molecule has 0 bridgehead atoms. The van der Waals surface area contributed by atoms with Gasteiger partial charge in [-0.25, -0.2) is 4.79 Å². The fraction of sp³-hybridized carbons (Fsp3) is 0.471. The van der Waals surface area contributed by atoms with Crippen LogP contribution in [-0.2, 0) is 16.1 Å². The maximum Gasteiger partial charge on any atom is 0.330 e. The summed E-state index contributed by atoms with van der Waals surface area (Å²) in [5, 5.41) is 0. The summed E-state index contributed by atoms with van der Waals surface area (Å²) in [6, 6.07) is 10.7. The lowest BCUT2D eigenvalue weighted by atomic mass is 10.2. The molecule has 0 aromatic heterocycles. The molecule has 1 aromatic rings. The summed E-state index contributed by atoms with van der Waals surface area (Å²) in [4.78, 5) is 11.9. The monoisotopic (exact) mass is 313 g/mol. The van der Waals surface area contributed by atoms with Gasteiger partial charge >= 0.3 is 5.97 Å². The molecule has 0 unspecified atom stereocenters. The fourth-order valence-electron chi connectivity index (χ4n) is 1.65. The van der Waals surface area contributed by atoms with Crippen molar-refractivity contribution < 1.29 is 26.8 Å². The minimum atomic E-state index is -0.341. The van der Waals surface area contributed by atoms with Crippen molar-refractivity contribution in [2.24, 2.45) is 0 Å². The molecule has 4 heteroatoms. The number of hydrogen-bond donors (Lipinski definition) is 1. The third kappa shape index (κ3) is 12.2. The van der Waals surface area contributed by atoms with Gasteiger partial charge in [0.15, 0.2) is 0 Å². The number of carbonyl (C=O) groups excluding carboxylic acids is 1. The Bertz CT molecular complexity index is 364. The SMILES string of the molecule is C=CC(=O)OCCC.CC[NH+](CC)Cc1ccccc1.[Cl-]. The summed E-state index contributed by atoms with van der Waals surface area (Å²) in [7, 11) is 0. The average Bonchev–Trinajstić information content (AvgIpc) is 2.51. The van der Waals surface area contributed by atoms with E-state index >= 15 is 0 Å². The van der Waals surface area contributed by atoms with Gasteiger partial charge in [0.1, 0.15) is 6.54 Å². The molecule has 0 atom stereocenters. The second kappa shape index (κ2) is 15.1. The van der Waals surface area contributed by atoms with Crippen molar-refractivity contribution in [3.05, 3.63) is 48.6 Å². The second-order valence-electron chi connectivity index (χ2n) is 4.49. The quantitative estimate of drug-likeness (QED) is 0.530. The summed E-state index contributed by atoms with van der Waals surface area (Å²) in [6.45, 7) is 13.7. The van der Waals surface area contributed by atoms with E-state index in [0.29, 0.717) is 6.61 Å². The van der Waals surface area contributed by atoms with E-state index in [2.05, 4.69) is 55.5 Å². The number of benzene rings is 1. The van der Waals surface area contributed by atoms with Crippen LogP contribution in [0, 0.1) is 0 Å². The normalized spacial score (nSPS) is 9.14. The standard InChI is InChI=1S/C11H17N.C6H10O2.ClH/c1-3-12(4-2)10-11-8-6-5-7-9-11;1-3-5-8-6(7)4-2;/h5-9H,3-4,10H2,1-2H3;4H,2-3,5H2,1H3;1H. The minimum Gasteiger partial charge on any atom is -1.00 e. The summed E-state index contributed by atoms with van der Waals surface area (Å²) >= 11 is 0. The smallest absolute Gasteiger partial charge is 0.330 e. The van der Waals surface area contributed by atoms with Crippen LogP contribution in [0.15, 0.2) is 43.0 Å². The lowest BCUT2D eigenvalue weighted by Gasteiger charge is -2.14. The second-order valence-corrected chi connectivity index (χ2v) is 4.49. The van der Waals surface area contributed by atoms with Crippen molar-refractivity contribution in [2.45, 2.75) is 33.7 Å². The van der Waals surface area contributed by atoms with Gasteiger partial charge in [0.25, 0.3) is 0 Å². The van der Waals surface area contributed by atoms with Gasteiger partial charge in [-0.05, 0) is 20.3 Å². The van der Waals surface area contributed by atoms with E-state index in [9.17, 15) is 4.79 Å². The van der Waals surface area contributed by atoms with Gasteiger partial charge in [0.2, 0.25) is 0 Å². The number of rotatable bonds is 7. The zero-order valence-electron chi connectivity index (χ0n) is 13.4. The van der Waals surface area contributed by atoms with Crippen molar-refractivity contribution in [2.75, 3.05) is 19.7 Å². The highest BCUT2D eigenvalue weighted by atomic mass is 35.5. The van der Waals surface area contributed by atoms with E-state index in [-0.39, 0.29) is 18.4 Å². The first-order valence-corrected chi connectivity index (χ1v) is 7.34. The number of quaternary nitrogens is 1. The Hall–Kier alpha value is -1.32. The van der Waals surface area contributed by atoms with Crippen LogP contribution in [0.5, 0.6) is 0 Å². The molecular formula is C17H28ClNO2. The number of ether oxygens (including phenoxy) is 1. The van der Waals surface area contributed by atoms with Gasteiger partial charge in [-0.3, -0.25) is 0 Å². The molecule has 1 rings (SSSR count). The molecule has 0 aliphatic carbocycles. The molecule has 0 radical (unpaired) electrons. The van der Waals surface area contributed by atoms with E-state index < -0.39 is 0 Å². The van der Waals surface area contributed by atoms with E-state index in [1.165, 1.54) is 18.7 Å². The molecule has 1 N–H and O–H groups in total. The maximum absolute atomic E-state index is 10.2. The molecule has 0 fully saturated rings. The fourth-order valence-corrected chi connectivity index (χ4v) is 1.65.